The third kappa shape index (κ3) is 8.95. The molecule has 0 aromatic rings. The Morgan fingerprint density at radius 3 is 2.05 bits per heavy atom. The van der Waals surface area contributed by atoms with E-state index in [4.69, 9.17) is 0 Å². The molecule has 4 N–H and O–H groups in total. The lowest BCUT2D eigenvalue weighted by atomic mass is 9.70. The summed E-state index contributed by atoms with van der Waals surface area (Å²) in [6.07, 6.45) is 11.0. The summed E-state index contributed by atoms with van der Waals surface area (Å²) >= 11 is 0. The number of amides is 7. The summed E-state index contributed by atoms with van der Waals surface area (Å²) in [6, 6.07) is -4.05. The van der Waals surface area contributed by atoms with Gasteiger partial charge in [-0.2, -0.15) is 0 Å². The number of fused-ring (bicyclic) bond motifs is 1. The minimum Gasteiger partial charge on any atom is -0.346 e. The molecule has 3 aliphatic carbocycles. The van der Waals surface area contributed by atoms with Gasteiger partial charge in [0.25, 0.3) is 5.91 Å². The van der Waals surface area contributed by atoms with Crippen LogP contribution in [0.1, 0.15) is 132 Å². The van der Waals surface area contributed by atoms with Crippen molar-refractivity contribution < 1.29 is 33.6 Å². The largest absolute Gasteiger partial charge is 0.346 e. The van der Waals surface area contributed by atoms with Gasteiger partial charge in [0.1, 0.15) is 12.1 Å². The van der Waals surface area contributed by atoms with Crippen LogP contribution in [-0.2, 0) is 28.8 Å². The van der Waals surface area contributed by atoms with Crippen molar-refractivity contribution in [2.24, 2.45) is 33.5 Å². The number of piperidine rings is 2. The lowest BCUT2D eigenvalue weighted by Gasteiger charge is -2.44. The van der Waals surface area contributed by atoms with Gasteiger partial charge in [-0.05, 0) is 65.6 Å². The molecule has 7 amide bonds. The summed E-state index contributed by atoms with van der Waals surface area (Å²) in [5.41, 5.74) is -1.57. The van der Waals surface area contributed by atoms with Crippen molar-refractivity contribution in [1.82, 2.24) is 31.1 Å². The minimum atomic E-state index is -1.05. The summed E-state index contributed by atoms with van der Waals surface area (Å²) < 4.78 is 0. The highest BCUT2D eigenvalue weighted by Crippen LogP contribution is 2.65. The molecule has 5 aliphatic rings. The van der Waals surface area contributed by atoms with Crippen molar-refractivity contribution in [3.05, 3.63) is 12.7 Å². The van der Waals surface area contributed by atoms with Crippen LogP contribution in [0.4, 0.5) is 4.79 Å². The number of imide groups is 1. The molecular weight excluding hydrogens is 700 g/mol. The first-order chi connectivity index (χ1) is 25.8. The predicted octanol–water partition coefficient (Wildman–Crippen LogP) is 4.39. The highest BCUT2D eigenvalue weighted by molar-refractivity contribution is 6.38. The molecule has 3 saturated carbocycles. The summed E-state index contributed by atoms with van der Waals surface area (Å²) in [6.45, 7) is 17.9. The number of rotatable bonds is 14. The molecule has 0 radical (unpaired) electrons. The van der Waals surface area contributed by atoms with E-state index in [1.165, 1.54) is 11.0 Å². The predicted molar refractivity (Wildman–Crippen MR) is 208 cm³/mol. The smallest absolute Gasteiger partial charge is 0.315 e. The maximum absolute atomic E-state index is 14.9. The molecule has 13 heteroatoms. The van der Waals surface area contributed by atoms with Gasteiger partial charge in [0.2, 0.25) is 29.4 Å². The monoisotopic (exact) mass is 766 g/mol. The summed E-state index contributed by atoms with van der Waals surface area (Å²) in [5, 5.41) is 11.4. The molecule has 0 aromatic heterocycles. The molecule has 306 valence electrons. The maximum Gasteiger partial charge on any atom is 0.315 e. The number of hydrogen-bond donors (Lipinski definition) is 4. The van der Waals surface area contributed by atoms with Crippen molar-refractivity contribution in [2.45, 2.75) is 156 Å². The molecule has 5 fully saturated rings. The number of likely N-dealkylation sites (tertiary alicyclic amines) is 2. The fourth-order valence-electron chi connectivity index (χ4n) is 10.2. The molecule has 1 spiro atoms. The zero-order valence-electron chi connectivity index (χ0n) is 34.3. The number of carbonyl (C=O) groups is 7. The Morgan fingerprint density at radius 1 is 0.891 bits per heavy atom. The second-order valence-corrected chi connectivity index (χ2v) is 19.2. The Hall–Kier alpha value is -3.77. The molecule has 13 nitrogen and oxygen atoms in total. The quantitative estimate of drug-likeness (QED) is 0.115. The van der Waals surface area contributed by atoms with Gasteiger partial charge in [-0.3, -0.25) is 33.7 Å². The van der Waals surface area contributed by atoms with Gasteiger partial charge in [0, 0.05) is 32.5 Å². The molecule has 55 heavy (non-hydrogen) atoms. The van der Waals surface area contributed by atoms with Crippen LogP contribution >= 0.6 is 0 Å². The van der Waals surface area contributed by atoms with Crippen LogP contribution in [0.3, 0.4) is 0 Å². The first kappa shape index (κ1) is 42.4. The molecule has 2 heterocycles. The third-order valence-corrected chi connectivity index (χ3v) is 13.9. The van der Waals surface area contributed by atoms with Crippen molar-refractivity contribution >= 4 is 41.4 Å². The number of nitrogens with zero attached hydrogens (tertiary/aromatic N) is 2. The Bertz CT molecular complexity index is 1520. The van der Waals surface area contributed by atoms with Crippen molar-refractivity contribution in [3.8, 4) is 0 Å². The van der Waals surface area contributed by atoms with Gasteiger partial charge >= 0.3 is 6.03 Å². The van der Waals surface area contributed by atoms with Crippen LogP contribution in [0.15, 0.2) is 12.7 Å². The van der Waals surface area contributed by atoms with Crippen LogP contribution < -0.4 is 21.3 Å². The average molecular weight is 767 g/mol. The molecule has 1 unspecified atom stereocenters. The Balaban J connectivity index is 1.36. The lowest BCUT2D eigenvalue weighted by Crippen LogP contribution is -2.64. The number of ketones is 1. The summed E-state index contributed by atoms with van der Waals surface area (Å²) in [5.74, 6) is -2.85. The van der Waals surface area contributed by atoms with Crippen molar-refractivity contribution in [2.75, 3.05) is 19.6 Å². The van der Waals surface area contributed by atoms with Crippen LogP contribution in [0.25, 0.3) is 0 Å². The second kappa shape index (κ2) is 16.4. The van der Waals surface area contributed by atoms with Gasteiger partial charge in [-0.25, -0.2) is 4.79 Å². The molecule has 5 rings (SSSR count). The fourth-order valence-corrected chi connectivity index (χ4v) is 10.2. The van der Waals surface area contributed by atoms with Crippen molar-refractivity contribution in [1.29, 1.82) is 0 Å². The summed E-state index contributed by atoms with van der Waals surface area (Å²) in [4.78, 5) is 98.7. The van der Waals surface area contributed by atoms with Gasteiger partial charge in [-0.1, -0.05) is 93.1 Å². The van der Waals surface area contributed by atoms with E-state index in [1.807, 2.05) is 34.6 Å². The first-order valence-corrected chi connectivity index (χ1v) is 20.7. The van der Waals surface area contributed by atoms with E-state index in [0.717, 1.165) is 44.9 Å². The molecule has 2 saturated heterocycles. The van der Waals surface area contributed by atoms with Gasteiger partial charge in [-0.15, -0.1) is 6.58 Å². The Morgan fingerprint density at radius 2 is 1.49 bits per heavy atom. The number of hydrogen-bond acceptors (Lipinski definition) is 7. The lowest BCUT2D eigenvalue weighted by molar-refractivity contribution is -0.154. The van der Waals surface area contributed by atoms with E-state index in [0.29, 0.717) is 38.6 Å². The SMILES string of the molecule is C=CCNC(=O)C(=O)C(CCC)NC(=O)[C@@H]1[C@@H]2[C@H](CN1C(=O)[C@@H](NC(=O)N[C@H](CN1C(=O)CC3(CCCC3)CC1=O)C(C)(C)C)C1(C)CCCCC1)C2(C)C. The zero-order valence-corrected chi connectivity index (χ0v) is 34.3. The second-order valence-electron chi connectivity index (χ2n) is 19.2. The van der Waals surface area contributed by atoms with Crippen LogP contribution in [0.5, 0.6) is 0 Å². The van der Waals surface area contributed by atoms with E-state index in [-0.39, 0.29) is 59.9 Å². The van der Waals surface area contributed by atoms with Crippen LogP contribution in [0, 0.1) is 33.5 Å². The van der Waals surface area contributed by atoms with E-state index in [9.17, 15) is 33.6 Å². The minimum absolute atomic E-state index is 0.0383. The normalized spacial score (nSPS) is 26.7. The van der Waals surface area contributed by atoms with E-state index < -0.39 is 58.6 Å². The Kier molecular flexibility index (Phi) is 12.6. The van der Waals surface area contributed by atoms with Crippen LogP contribution in [0.2, 0.25) is 0 Å². The van der Waals surface area contributed by atoms with E-state index >= 15 is 0 Å². The third-order valence-electron chi connectivity index (χ3n) is 13.9. The maximum atomic E-state index is 14.9. The highest BCUT2D eigenvalue weighted by atomic mass is 16.2. The highest BCUT2D eigenvalue weighted by Gasteiger charge is 2.70. The first-order valence-electron chi connectivity index (χ1n) is 20.7. The van der Waals surface area contributed by atoms with E-state index in [1.54, 1.807) is 4.90 Å². The zero-order chi connectivity index (χ0) is 40.5. The van der Waals surface area contributed by atoms with E-state index in [2.05, 4.69) is 41.7 Å². The molecule has 0 bridgehead atoms. The number of urea groups is 1. The fraction of sp³-hybridized carbons (Fsp3) is 0.786. The average Bonchev–Trinajstić information content (AvgIpc) is 3.47. The Labute approximate surface area is 327 Å². The standard InChI is InChI=1S/C42H66N6O7/c1-9-16-27(33(51)36(53)43-21-10-2)44-35(52)32-31-26(40(31,6)7)24-48(32)37(54)34(41(8)17-12-11-13-18-41)46-38(55)45-28(39(3,4)5)25-47-29(49)22-42(23-30(47)50)19-14-15-20-42/h10,26-28,31-32,34H,2,9,11-25H2,1,3-8H3,(H,43,53)(H,44,52)(H2,45,46,55)/t26-,27?,28+,31-,32-,34+/m0/s1. The molecular formula is C42H66N6O7. The number of Topliss-reactive ketones (excluding diaryl/α,β-unsaturated/α-hetero) is 1. The molecule has 2 aliphatic heterocycles. The van der Waals surface area contributed by atoms with Gasteiger partial charge in [0.15, 0.2) is 0 Å². The van der Waals surface area contributed by atoms with Crippen LogP contribution in [-0.4, -0.2) is 95.0 Å². The molecule has 6 atom stereocenters. The van der Waals surface area contributed by atoms with Gasteiger partial charge < -0.3 is 26.2 Å². The molecule has 0 aromatic carbocycles. The number of carbonyl (C=O) groups excluding carboxylic acids is 7. The summed E-state index contributed by atoms with van der Waals surface area (Å²) in [7, 11) is 0. The van der Waals surface area contributed by atoms with Crippen molar-refractivity contribution in [3.63, 3.8) is 0 Å². The topological polar surface area (TPSA) is 174 Å². The van der Waals surface area contributed by atoms with Gasteiger partial charge in [0.05, 0.1) is 12.1 Å². The number of nitrogens with one attached hydrogen (secondary N) is 4.